The molecule has 0 saturated heterocycles. The van der Waals surface area contributed by atoms with E-state index in [0.29, 0.717) is 23.3 Å². The zero-order chi connectivity index (χ0) is 13.6. The van der Waals surface area contributed by atoms with Gasteiger partial charge >= 0.3 is 0 Å². The zero-order valence-corrected chi connectivity index (χ0v) is 11.8. The fourth-order valence-electron chi connectivity index (χ4n) is 1.67. The van der Waals surface area contributed by atoms with Crippen LogP contribution >= 0.6 is 0 Å². The van der Waals surface area contributed by atoms with Gasteiger partial charge < -0.3 is 0 Å². The molecule has 0 heterocycles. The smallest absolute Gasteiger partial charge is 0.178 e. The van der Waals surface area contributed by atoms with Gasteiger partial charge in [-0.25, -0.2) is 8.42 Å². The summed E-state index contributed by atoms with van der Waals surface area (Å²) >= 11 is 0. The molecule has 0 radical (unpaired) electrons. The Morgan fingerprint density at radius 3 is 2.17 bits per heavy atom. The molecule has 0 amide bonds. The summed E-state index contributed by atoms with van der Waals surface area (Å²) in [4.78, 5) is 11.9. The van der Waals surface area contributed by atoms with Gasteiger partial charge in [0.2, 0.25) is 0 Å². The first-order valence-electron chi connectivity index (χ1n) is 6.37. The van der Waals surface area contributed by atoms with Gasteiger partial charge in [-0.2, -0.15) is 0 Å². The van der Waals surface area contributed by atoms with Crippen LogP contribution in [0.2, 0.25) is 0 Å². The van der Waals surface area contributed by atoms with Crippen LogP contribution < -0.4 is 0 Å². The Labute approximate surface area is 109 Å². The van der Waals surface area contributed by atoms with Crippen LogP contribution in [-0.2, 0) is 9.84 Å². The van der Waals surface area contributed by atoms with Gasteiger partial charge in [0, 0.05) is 12.0 Å². The molecule has 0 aliphatic carbocycles. The van der Waals surface area contributed by atoms with Crippen molar-refractivity contribution in [1.82, 2.24) is 0 Å². The first-order chi connectivity index (χ1) is 8.51. The van der Waals surface area contributed by atoms with Crippen molar-refractivity contribution < 1.29 is 13.2 Å². The number of rotatable bonds is 7. The van der Waals surface area contributed by atoms with E-state index in [1.165, 1.54) is 12.1 Å². The minimum absolute atomic E-state index is 0.0648. The minimum atomic E-state index is -3.19. The van der Waals surface area contributed by atoms with Crippen molar-refractivity contribution in [2.45, 2.75) is 44.4 Å². The number of benzene rings is 1. The molecule has 0 aliphatic rings. The number of Topliss-reactive ketones (excluding diaryl/α,β-unsaturated/α-hetero) is 1. The highest BCUT2D eigenvalue weighted by molar-refractivity contribution is 7.91. The number of carbonyl (C=O) groups excluding carboxylic acids is 1. The molecular weight excluding hydrogens is 248 g/mol. The molecule has 0 unspecified atom stereocenters. The van der Waals surface area contributed by atoms with Gasteiger partial charge in [0.1, 0.15) is 0 Å². The zero-order valence-electron chi connectivity index (χ0n) is 11.0. The molecule has 0 atom stereocenters. The molecule has 3 nitrogen and oxygen atoms in total. The molecule has 1 aromatic carbocycles. The second-order valence-electron chi connectivity index (χ2n) is 4.37. The van der Waals surface area contributed by atoms with Crippen LogP contribution in [0.25, 0.3) is 0 Å². The average molecular weight is 268 g/mol. The van der Waals surface area contributed by atoms with Crippen molar-refractivity contribution in [1.29, 1.82) is 0 Å². The lowest BCUT2D eigenvalue weighted by Crippen LogP contribution is -2.07. The molecule has 1 rings (SSSR count). The van der Waals surface area contributed by atoms with Crippen LogP contribution in [0.4, 0.5) is 0 Å². The Morgan fingerprint density at radius 1 is 1.06 bits per heavy atom. The molecule has 18 heavy (non-hydrogen) atoms. The molecule has 0 aromatic heterocycles. The van der Waals surface area contributed by atoms with E-state index in [1.807, 2.05) is 13.8 Å². The summed E-state index contributed by atoms with van der Waals surface area (Å²) in [7, 11) is -3.19. The highest BCUT2D eigenvalue weighted by atomic mass is 32.2. The normalized spacial score (nSPS) is 11.4. The molecule has 0 N–H and O–H groups in total. The second kappa shape index (κ2) is 6.69. The Balaban J connectivity index is 2.85. The van der Waals surface area contributed by atoms with E-state index in [1.54, 1.807) is 12.1 Å². The number of hydrogen-bond acceptors (Lipinski definition) is 3. The Morgan fingerprint density at radius 2 is 1.67 bits per heavy atom. The number of carbonyl (C=O) groups is 1. The lowest BCUT2D eigenvalue weighted by Gasteiger charge is -2.05. The van der Waals surface area contributed by atoms with Gasteiger partial charge in [-0.05, 0) is 25.0 Å². The first kappa shape index (κ1) is 14.9. The van der Waals surface area contributed by atoms with Crippen molar-refractivity contribution >= 4 is 15.6 Å². The van der Waals surface area contributed by atoms with Gasteiger partial charge in [-0.15, -0.1) is 0 Å². The fraction of sp³-hybridized carbons (Fsp3) is 0.500. The van der Waals surface area contributed by atoms with Crippen LogP contribution in [0, 0.1) is 0 Å². The number of hydrogen-bond donors (Lipinski definition) is 0. The Bertz CT molecular complexity index is 486. The van der Waals surface area contributed by atoms with E-state index >= 15 is 0 Å². The third kappa shape index (κ3) is 3.95. The summed E-state index contributed by atoms with van der Waals surface area (Å²) in [6, 6.07) is 6.29. The number of sulfone groups is 1. The minimum Gasteiger partial charge on any atom is -0.294 e. The molecule has 0 spiro atoms. The Kier molecular flexibility index (Phi) is 5.54. The van der Waals surface area contributed by atoms with E-state index in [2.05, 4.69) is 0 Å². The summed E-state index contributed by atoms with van der Waals surface area (Å²) < 4.78 is 23.8. The SMILES string of the molecule is CCCCS(=O)(=O)c1ccc(C(=O)CCC)cc1. The van der Waals surface area contributed by atoms with Crippen molar-refractivity contribution in [3.8, 4) is 0 Å². The summed E-state index contributed by atoms with van der Waals surface area (Å²) in [5, 5.41) is 0. The third-order valence-electron chi connectivity index (χ3n) is 2.78. The average Bonchev–Trinajstić information content (AvgIpc) is 2.37. The topological polar surface area (TPSA) is 51.2 Å². The van der Waals surface area contributed by atoms with E-state index in [9.17, 15) is 13.2 Å². The van der Waals surface area contributed by atoms with Crippen LogP contribution in [0.15, 0.2) is 29.2 Å². The second-order valence-corrected chi connectivity index (χ2v) is 6.48. The van der Waals surface area contributed by atoms with Crippen LogP contribution in [-0.4, -0.2) is 20.0 Å². The lowest BCUT2D eigenvalue weighted by atomic mass is 10.1. The largest absolute Gasteiger partial charge is 0.294 e. The first-order valence-corrected chi connectivity index (χ1v) is 8.02. The monoisotopic (exact) mass is 268 g/mol. The quantitative estimate of drug-likeness (QED) is 0.713. The molecule has 0 bridgehead atoms. The molecular formula is C14H20O3S. The molecule has 0 fully saturated rings. The van der Waals surface area contributed by atoms with Gasteiger partial charge in [0.05, 0.1) is 10.6 Å². The van der Waals surface area contributed by atoms with Crippen LogP contribution in [0.1, 0.15) is 49.9 Å². The predicted molar refractivity (Wildman–Crippen MR) is 72.6 cm³/mol. The van der Waals surface area contributed by atoms with Crippen molar-refractivity contribution in [2.24, 2.45) is 0 Å². The van der Waals surface area contributed by atoms with Gasteiger partial charge in [-0.1, -0.05) is 32.4 Å². The molecule has 4 heteroatoms. The molecule has 0 aliphatic heterocycles. The summed E-state index contributed by atoms with van der Waals surface area (Å²) in [6.45, 7) is 3.91. The fourth-order valence-corrected chi connectivity index (χ4v) is 3.13. The number of ketones is 1. The standard InChI is InChI=1S/C14H20O3S/c1-3-5-11-18(16,17)13-9-7-12(8-10-13)14(15)6-4-2/h7-10H,3-6,11H2,1-2H3. The van der Waals surface area contributed by atoms with Crippen LogP contribution in [0.3, 0.4) is 0 Å². The maximum Gasteiger partial charge on any atom is 0.178 e. The number of unbranched alkanes of at least 4 members (excludes halogenated alkanes) is 1. The maximum absolute atomic E-state index is 11.9. The van der Waals surface area contributed by atoms with E-state index in [4.69, 9.17) is 0 Å². The lowest BCUT2D eigenvalue weighted by molar-refractivity contribution is 0.0981. The molecule has 0 saturated carbocycles. The van der Waals surface area contributed by atoms with Gasteiger partial charge in [-0.3, -0.25) is 4.79 Å². The Hall–Kier alpha value is -1.16. The van der Waals surface area contributed by atoms with E-state index in [-0.39, 0.29) is 11.5 Å². The molecule has 100 valence electrons. The summed E-state index contributed by atoms with van der Waals surface area (Å²) in [5.74, 6) is 0.237. The van der Waals surface area contributed by atoms with Crippen molar-refractivity contribution in [2.75, 3.05) is 5.75 Å². The molecule has 1 aromatic rings. The van der Waals surface area contributed by atoms with Crippen molar-refractivity contribution in [3.05, 3.63) is 29.8 Å². The van der Waals surface area contributed by atoms with Crippen molar-refractivity contribution in [3.63, 3.8) is 0 Å². The predicted octanol–water partition coefficient (Wildman–Crippen LogP) is 3.24. The summed E-state index contributed by atoms with van der Waals surface area (Å²) in [5.41, 5.74) is 0.589. The van der Waals surface area contributed by atoms with Crippen LogP contribution in [0.5, 0.6) is 0 Å². The highest BCUT2D eigenvalue weighted by Crippen LogP contribution is 2.15. The highest BCUT2D eigenvalue weighted by Gasteiger charge is 2.14. The maximum atomic E-state index is 11.9. The third-order valence-corrected chi connectivity index (χ3v) is 4.60. The van der Waals surface area contributed by atoms with Gasteiger partial charge in [0.25, 0.3) is 0 Å². The van der Waals surface area contributed by atoms with E-state index < -0.39 is 9.84 Å². The summed E-state index contributed by atoms with van der Waals surface area (Å²) in [6.07, 6.45) is 2.82. The van der Waals surface area contributed by atoms with Gasteiger partial charge in [0.15, 0.2) is 15.6 Å². The van der Waals surface area contributed by atoms with E-state index in [0.717, 1.165) is 12.8 Å².